The van der Waals surface area contributed by atoms with E-state index in [1.54, 1.807) is 0 Å². The molecule has 0 spiro atoms. The van der Waals surface area contributed by atoms with Crippen LogP contribution in [0.5, 0.6) is 0 Å². The average Bonchev–Trinajstić information content (AvgIpc) is 3.25. The highest BCUT2D eigenvalue weighted by Gasteiger charge is 2.29. The zero-order chi connectivity index (χ0) is 29.0. The molecule has 40 heavy (non-hydrogen) atoms. The average molecular weight is 583 g/mol. The Morgan fingerprint density at radius 2 is 1.62 bits per heavy atom. The van der Waals surface area contributed by atoms with Crippen molar-refractivity contribution in [3.8, 4) is 0 Å². The molecule has 10 heteroatoms. The predicted octanol–water partition coefficient (Wildman–Crippen LogP) is 4.96. The largest absolute Gasteiger partial charge is 0.365 e. The van der Waals surface area contributed by atoms with Crippen LogP contribution in [0.15, 0.2) is 59.5 Å². The van der Waals surface area contributed by atoms with Crippen molar-refractivity contribution in [1.82, 2.24) is 9.21 Å². The molecule has 2 aromatic carbocycles. The second-order valence-electron chi connectivity index (χ2n) is 11.1. The fourth-order valence-corrected chi connectivity index (χ4v) is 8.03. The van der Waals surface area contributed by atoms with Gasteiger partial charge in [-0.15, -0.1) is 11.3 Å². The standard InChI is InChI=1S/C30H38N4O4S2/c1-20(2)16-34(17-21(3)4)40(37,38)24-12-10-23(11-13-24)29(36)32-30-27(28(31)35)25-14-15-33(19-26(25)39-30)18-22-8-6-5-7-9-22/h5-13,20-21H,14-19H2,1-4H3,(H2,31,35)(H,32,36). The number of fused-ring (bicyclic) bond motifs is 1. The Balaban J connectivity index is 1.51. The summed E-state index contributed by atoms with van der Waals surface area (Å²) in [7, 11) is -3.70. The Morgan fingerprint density at radius 1 is 1.00 bits per heavy atom. The third-order valence-corrected chi connectivity index (χ3v) is 9.73. The number of rotatable bonds is 11. The smallest absolute Gasteiger partial charge is 0.256 e. The number of thiophene rings is 1. The number of nitrogens with one attached hydrogen (secondary N) is 1. The van der Waals surface area contributed by atoms with Crippen molar-refractivity contribution in [3.63, 3.8) is 0 Å². The van der Waals surface area contributed by atoms with Crippen molar-refractivity contribution >= 4 is 38.2 Å². The summed E-state index contributed by atoms with van der Waals surface area (Å²) in [5.74, 6) is -0.631. The number of sulfonamides is 1. The molecule has 3 aromatic rings. The first-order valence-electron chi connectivity index (χ1n) is 13.6. The summed E-state index contributed by atoms with van der Waals surface area (Å²) in [6.07, 6.45) is 0.669. The van der Waals surface area contributed by atoms with Crippen LogP contribution in [-0.4, -0.2) is 49.1 Å². The first kappa shape index (κ1) is 29.9. The number of hydrogen-bond donors (Lipinski definition) is 2. The molecule has 0 unspecified atom stereocenters. The minimum absolute atomic E-state index is 0.147. The lowest BCUT2D eigenvalue weighted by molar-refractivity contribution is 0.0999. The van der Waals surface area contributed by atoms with E-state index in [-0.39, 0.29) is 16.7 Å². The van der Waals surface area contributed by atoms with Gasteiger partial charge >= 0.3 is 0 Å². The van der Waals surface area contributed by atoms with E-state index in [0.29, 0.717) is 42.2 Å². The third-order valence-electron chi connectivity index (χ3n) is 6.75. The lowest BCUT2D eigenvalue weighted by atomic mass is 10.0. The van der Waals surface area contributed by atoms with Gasteiger partial charge in [0.15, 0.2) is 0 Å². The number of benzene rings is 2. The lowest BCUT2D eigenvalue weighted by Crippen LogP contribution is -2.37. The van der Waals surface area contributed by atoms with Crippen molar-refractivity contribution in [2.45, 2.75) is 52.1 Å². The van der Waals surface area contributed by atoms with Gasteiger partial charge < -0.3 is 11.1 Å². The van der Waals surface area contributed by atoms with Crippen LogP contribution >= 0.6 is 11.3 Å². The van der Waals surface area contributed by atoms with Gasteiger partial charge in [-0.3, -0.25) is 14.5 Å². The summed E-state index contributed by atoms with van der Waals surface area (Å²) in [6, 6.07) is 16.1. The fraction of sp³-hybridized carbons (Fsp3) is 0.400. The molecule has 1 aliphatic rings. The summed E-state index contributed by atoms with van der Waals surface area (Å²) >= 11 is 1.37. The Kier molecular flexibility index (Phi) is 9.45. The number of anilines is 1. The van der Waals surface area contributed by atoms with E-state index in [2.05, 4.69) is 22.3 Å². The van der Waals surface area contributed by atoms with Gasteiger partial charge in [0.2, 0.25) is 10.0 Å². The molecular formula is C30H38N4O4S2. The molecule has 1 aromatic heterocycles. The van der Waals surface area contributed by atoms with E-state index in [4.69, 9.17) is 5.73 Å². The quantitative estimate of drug-likeness (QED) is 0.332. The number of carbonyl (C=O) groups excluding carboxylic acids is 2. The van der Waals surface area contributed by atoms with Gasteiger partial charge in [-0.1, -0.05) is 58.0 Å². The second kappa shape index (κ2) is 12.6. The van der Waals surface area contributed by atoms with Crippen molar-refractivity contribution in [3.05, 3.63) is 81.7 Å². The lowest BCUT2D eigenvalue weighted by Gasteiger charge is -2.27. The first-order valence-corrected chi connectivity index (χ1v) is 15.8. The molecular weight excluding hydrogens is 544 g/mol. The molecule has 0 radical (unpaired) electrons. The molecule has 2 heterocycles. The summed E-state index contributed by atoms with van der Waals surface area (Å²) in [4.78, 5) is 29.1. The zero-order valence-corrected chi connectivity index (χ0v) is 25.1. The molecule has 0 bridgehead atoms. The van der Waals surface area contributed by atoms with E-state index >= 15 is 0 Å². The monoisotopic (exact) mass is 582 g/mol. The molecule has 2 amide bonds. The Hall–Kier alpha value is -3.05. The Bertz CT molecular complexity index is 1440. The van der Waals surface area contributed by atoms with E-state index in [0.717, 1.165) is 23.5 Å². The molecule has 214 valence electrons. The molecule has 0 atom stereocenters. The van der Waals surface area contributed by atoms with Crippen molar-refractivity contribution < 1.29 is 18.0 Å². The summed E-state index contributed by atoms with van der Waals surface area (Å²) in [5.41, 5.74) is 8.53. The van der Waals surface area contributed by atoms with Crippen molar-refractivity contribution in [1.29, 1.82) is 0 Å². The highest BCUT2D eigenvalue weighted by atomic mass is 32.2. The van der Waals surface area contributed by atoms with Crippen LogP contribution in [0.4, 0.5) is 5.00 Å². The molecule has 0 saturated heterocycles. The maximum Gasteiger partial charge on any atom is 0.256 e. The minimum Gasteiger partial charge on any atom is -0.365 e. The van der Waals surface area contributed by atoms with Gasteiger partial charge in [0.05, 0.1) is 10.5 Å². The van der Waals surface area contributed by atoms with Gasteiger partial charge in [-0.05, 0) is 53.6 Å². The van der Waals surface area contributed by atoms with E-state index in [1.807, 2.05) is 45.9 Å². The number of nitrogens with two attached hydrogens (primary N) is 1. The van der Waals surface area contributed by atoms with Gasteiger partial charge in [-0.25, -0.2) is 8.42 Å². The Morgan fingerprint density at radius 3 is 2.20 bits per heavy atom. The topological polar surface area (TPSA) is 113 Å². The third kappa shape index (κ3) is 6.98. The number of hydrogen-bond acceptors (Lipinski definition) is 6. The minimum atomic E-state index is -3.70. The van der Waals surface area contributed by atoms with E-state index < -0.39 is 21.8 Å². The van der Waals surface area contributed by atoms with Crippen LogP contribution in [0, 0.1) is 11.8 Å². The van der Waals surface area contributed by atoms with Crippen LogP contribution in [0.3, 0.4) is 0 Å². The number of carbonyl (C=O) groups is 2. The summed E-state index contributed by atoms with van der Waals surface area (Å²) in [5, 5.41) is 3.29. The van der Waals surface area contributed by atoms with Gasteiger partial charge in [0, 0.05) is 43.2 Å². The van der Waals surface area contributed by atoms with Gasteiger partial charge in [-0.2, -0.15) is 4.31 Å². The number of nitrogens with zero attached hydrogens (tertiary/aromatic N) is 2. The SMILES string of the molecule is CC(C)CN(CC(C)C)S(=O)(=O)c1ccc(C(=O)Nc2sc3c(c2C(N)=O)CCN(Cc2ccccc2)C3)cc1. The molecule has 8 nitrogen and oxygen atoms in total. The van der Waals surface area contributed by atoms with Crippen molar-refractivity contribution in [2.24, 2.45) is 17.6 Å². The predicted molar refractivity (Wildman–Crippen MR) is 160 cm³/mol. The van der Waals surface area contributed by atoms with Crippen LogP contribution in [0.1, 0.15) is 64.4 Å². The zero-order valence-electron chi connectivity index (χ0n) is 23.5. The van der Waals surface area contributed by atoms with Crippen LogP contribution < -0.4 is 11.1 Å². The van der Waals surface area contributed by atoms with Crippen LogP contribution in [0.2, 0.25) is 0 Å². The highest BCUT2D eigenvalue weighted by molar-refractivity contribution is 7.89. The maximum absolute atomic E-state index is 13.3. The van der Waals surface area contributed by atoms with Crippen LogP contribution in [0.25, 0.3) is 0 Å². The van der Waals surface area contributed by atoms with Gasteiger partial charge in [0.1, 0.15) is 5.00 Å². The maximum atomic E-state index is 13.3. The molecule has 0 saturated carbocycles. The summed E-state index contributed by atoms with van der Waals surface area (Å²) < 4.78 is 28.1. The second-order valence-corrected chi connectivity index (χ2v) is 14.1. The number of primary amides is 1. The summed E-state index contributed by atoms with van der Waals surface area (Å²) in [6.45, 7) is 11.0. The normalized spacial score (nSPS) is 14.1. The highest BCUT2D eigenvalue weighted by Crippen LogP contribution is 2.37. The first-order chi connectivity index (χ1) is 19.0. The van der Waals surface area contributed by atoms with Crippen LogP contribution in [-0.2, 0) is 29.5 Å². The van der Waals surface area contributed by atoms with Gasteiger partial charge in [0.25, 0.3) is 11.8 Å². The molecule has 3 N–H and O–H groups in total. The molecule has 1 aliphatic heterocycles. The Labute approximate surface area is 241 Å². The van der Waals surface area contributed by atoms with E-state index in [1.165, 1.54) is 45.5 Å². The number of amides is 2. The fourth-order valence-electron chi connectivity index (χ4n) is 4.97. The van der Waals surface area contributed by atoms with E-state index in [9.17, 15) is 18.0 Å². The van der Waals surface area contributed by atoms with Crippen molar-refractivity contribution in [2.75, 3.05) is 25.0 Å². The molecule has 0 aliphatic carbocycles. The molecule has 4 rings (SSSR count). The molecule has 0 fully saturated rings.